The highest BCUT2D eigenvalue weighted by Crippen LogP contribution is 2.15. The van der Waals surface area contributed by atoms with E-state index in [1.54, 1.807) is 0 Å². The van der Waals surface area contributed by atoms with E-state index in [0.717, 1.165) is 43.3 Å². The third-order valence-corrected chi connectivity index (χ3v) is 2.86. The summed E-state index contributed by atoms with van der Waals surface area (Å²) in [5, 5.41) is 3.38. The molecule has 0 aliphatic carbocycles. The Balaban J connectivity index is 2.32. The number of aryl methyl sites for hydroxylation is 1. The van der Waals surface area contributed by atoms with Crippen molar-refractivity contribution in [1.82, 2.24) is 10.2 Å². The molecule has 0 aromatic carbocycles. The number of ether oxygens (including phenoxy) is 1. The average molecular weight is 268 g/mol. The molecule has 0 amide bonds. The number of hydrogen-bond acceptors (Lipinski definition) is 4. The van der Waals surface area contributed by atoms with E-state index in [1.165, 1.54) is 0 Å². The van der Waals surface area contributed by atoms with Crippen LogP contribution in [0.15, 0.2) is 10.5 Å². The van der Waals surface area contributed by atoms with Gasteiger partial charge >= 0.3 is 0 Å². The number of hydrogen-bond donors (Lipinski definition) is 1. The van der Waals surface area contributed by atoms with Crippen LogP contribution in [0.3, 0.4) is 0 Å². The maximum atomic E-state index is 5.72. The second-order valence-electron chi connectivity index (χ2n) is 5.67. The van der Waals surface area contributed by atoms with Gasteiger partial charge in [-0.15, -0.1) is 0 Å². The van der Waals surface area contributed by atoms with Crippen LogP contribution in [0.1, 0.15) is 30.9 Å². The molecule has 0 radical (unpaired) electrons. The van der Waals surface area contributed by atoms with Crippen LogP contribution in [0.25, 0.3) is 0 Å². The molecule has 1 rings (SSSR count). The van der Waals surface area contributed by atoms with Gasteiger partial charge in [0.2, 0.25) is 0 Å². The molecule has 0 saturated heterocycles. The van der Waals surface area contributed by atoms with Gasteiger partial charge < -0.3 is 19.4 Å². The number of nitrogens with zero attached hydrogens (tertiary/aromatic N) is 1. The summed E-state index contributed by atoms with van der Waals surface area (Å²) < 4.78 is 11.4. The maximum Gasteiger partial charge on any atom is 0.118 e. The van der Waals surface area contributed by atoms with Crippen molar-refractivity contribution in [3.05, 3.63) is 23.2 Å². The van der Waals surface area contributed by atoms with Crippen LogP contribution in [0.2, 0.25) is 0 Å². The zero-order valence-corrected chi connectivity index (χ0v) is 13.0. The van der Waals surface area contributed by atoms with E-state index in [4.69, 9.17) is 9.15 Å². The lowest BCUT2D eigenvalue weighted by atomic mass is 10.2. The summed E-state index contributed by atoms with van der Waals surface area (Å²) in [7, 11) is 4.09. The van der Waals surface area contributed by atoms with Crippen molar-refractivity contribution in [2.75, 3.05) is 33.8 Å². The first-order valence-electron chi connectivity index (χ1n) is 7.00. The number of rotatable bonds is 9. The largest absolute Gasteiger partial charge is 0.465 e. The molecule has 1 aromatic rings. The monoisotopic (exact) mass is 268 g/mol. The summed E-state index contributed by atoms with van der Waals surface area (Å²) in [5.74, 6) is 2.61. The summed E-state index contributed by atoms with van der Waals surface area (Å²) in [6, 6.07) is 2.10. The van der Waals surface area contributed by atoms with E-state index in [0.29, 0.717) is 12.5 Å². The second-order valence-corrected chi connectivity index (χ2v) is 5.67. The third-order valence-electron chi connectivity index (χ3n) is 2.86. The van der Waals surface area contributed by atoms with Gasteiger partial charge in [-0.05, 0) is 39.5 Å². The van der Waals surface area contributed by atoms with Crippen molar-refractivity contribution >= 4 is 0 Å². The van der Waals surface area contributed by atoms with Gasteiger partial charge in [0, 0.05) is 12.1 Å². The fourth-order valence-electron chi connectivity index (χ4n) is 1.73. The first-order chi connectivity index (χ1) is 8.99. The van der Waals surface area contributed by atoms with Crippen LogP contribution in [-0.2, 0) is 17.9 Å². The molecule has 1 aromatic heterocycles. The van der Waals surface area contributed by atoms with Crippen LogP contribution in [0, 0.1) is 12.8 Å². The minimum absolute atomic E-state index is 0.632. The van der Waals surface area contributed by atoms with Crippen LogP contribution in [0.5, 0.6) is 0 Å². The fraction of sp³-hybridized carbons (Fsp3) is 0.733. The van der Waals surface area contributed by atoms with Gasteiger partial charge in [-0.3, -0.25) is 0 Å². The number of likely N-dealkylation sites (N-methyl/N-ethyl adjacent to an activating group) is 1. The molecule has 110 valence electrons. The Bertz CT molecular complexity index is 359. The highest BCUT2D eigenvalue weighted by atomic mass is 16.5. The van der Waals surface area contributed by atoms with Gasteiger partial charge in [-0.2, -0.15) is 0 Å². The first kappa shape index (κ1) is 16.2. The SMILES string of the molecule is Cc1oc(CNCC(C)C)cc1COCCN(C)C. The molecule has 0 unspecified atom stereocenters. The summed E-state index contributed by atoms with van der Waals surface area (Å²) in [6.45, 7) is 10.5. The van der Waals surface area contributed by atoms with Crippen LogP contribution in [-0.4, -0.2) is 38.7 Å². The summed E-state index contributed by atoms with van der Waals surface area (Å²) in [4.78, 5) is 2.11. The summed E-state index contributed by atoms with van der Waals surface area (Å²) in [5.41, 5.74) is 1.15. The molecule has 0 fully saturated rings. The van der Waals surface area contributed by atoms with Gasteiger partial charge in [-0.1, -0.05) is 13.8 Å². The fourth-order valence-corrected chi connectivity index (χ4v) is 1.73. The van der Waals surface area contributed by atoms with Crippen molar-refractivity contribution in [3.8, 4) is 0 Å². The van der Waals surface area contributed by atoms with Gasteiger partial charge in [0.05, 0.1) is 19.8 Å². The van der Waals surface area contributed by atoms with Gasteiger partial charge in [-0.25, -0.2) is 0 Å². The third kappa shape index (κ3) is 6.76. The molecule has 0 aliphatic rings. The molecular formula is C15H28N2O2. The predicted molar refractivity (Wildman–Crippen MR) is 78.2 cm³/mol. The minimum Gasteiger partial charge on any atom is -0.465 e. The molecule has 0 atom stereocenters. The lowest BCUT2D eigenvalue weighted by Crippen LogP contribution is -2.18. The summed E-state index contributed by atoms with van der Waals surface area (Å²) in [6.07, 6.45) is 0. The molecule has 0 saturated carbocycles. The standard InChI is InChI=1S/C15H28N2O2/c1-12(2)9-16-10-15-8-14(13(3)19-15)11-18-7-6-17(4)5/h8,12,16H,6-7,9-11H2,1-5H3. The van der Waals surface area contributed by atoms with Crippen molar-refractivity contribution in [2.45, 2.75) is 33.9 Å². The highest BCUT2D eigenvalue weighted by molar-refractivity contribution is 5.19. The van der Waals surface area contributed by atoms with E-state index in [2.05, 4.69) is 30.1 Å². The molecular weight excluding hydrogens is 240 g/mol. The van der Waals surface area contributed by atoms with Crippen LogP contribution < -0.4 is 5.32 Å². The van der Waals surface area contributed by atoms with Crippen molar-refractivity contribution < 1.29 is 9.15 Å². The molecule has 1 heterocycles. The molecule has 4 heteroatoms. The maximum absolute atomic E-state index is 5.72. The van der Waals surface area contributed by atoms with Crippen LogP contribution in [0.4, 0.5) is 0 Å². The van der Waals surface area contributed by atoms with E-state index >= 15 is 0 Å². The zero-order valence-electron chi connectivity index (χ0n) is 13.0. The van der Waals surface area contributed by atoms with E-state index in [-0.39, 0.29) is 0 Å². The minimum atomic E-state index is 0.632. The van der Waals surface area contributed by atoms with E-state index < -0.39 is 0 Å². The van der Waals surface area contributed by atoms with Gasteiger partial charge in [0.25, 0.3) is 0 Å². The van der Waals surface area contributed by atoms with E-state index in [9.17, 15) is 0 Å². The Kier molecular flexibility index (Phi) is 7.13. The second kappa shape index (κ2) is 8.35. The Morgan fingerprint density at radius 1 is 1.37 bits per heavy atom. The first-order valence-corrected chi connectivity index (χ1v) is 7.00. The molecule has 0 aliphatic heterocycles. The lowest BCUT2D eigenvalue weighted by molar-refractivity contribution is 0.104. The van der Waals surface area contributed by atoms with Crippen molar-refractivity contribution in [1.29, 1.82) is 0 Å². The molecule has 19 heavy (non-hydrogen) atoms. The van der Waals surface area contributed by atoms with E-state index in [1.807, 2.05) is 21.0 Å². The smallest absolute Gasteiger partial charge is 0.118 e. The Morgan fingerprint density at radius 2 is 2.11 bits per heavy atom. The van der Waals surface area contributed by atoms with Crippen molar-refractivity contribution in [3.63, 3.8) is 0 Å². The number of furan rings is 1. The van der Waals surface area contributed by atoms with Crippen LogP contribution >= 0.6 is 0 Å². The highest BCUT2D eigenvalue weighted by Gasteiger charge is 2.07. The Morgan fingerprint density at radius 3 is 2.74 bits per heavy atom. The lowest BCUT2D eigenvalue weighted by Gasteiger charge is -2.09. The van der Waals surface area contributed by atoms with Gasteiger partial charge in [0.1, 0.15) is 11.5 Å². The topological polar surface area (TPSA) is 37.6 Å². The molecule has 0 bridgehead atoms. The van der Waals surface area contributed by atoms with Gasteiger partial charge in [0.15, 0.2) is 0 Å². The predicted octanol–water partition coefficient (Wildman–Crippen LogP) is 2.41. The number of nitrogens with one attached hydrogen (secondary N) is 1. The molecule has 4 nitrogen and oxygen atoms in total. The quantitative estimate of drug-likeness (QED) is 0.698. The normalized spacial score (nSPS) is 11.7. The Labute approximate surface area is 117 Å². The zero-order chi connectivity index (χ0) is 14.3. The molecule has 0 spiro atoms. The molecule has 1 N–H and O–H groups in total. The summed E-state index contributed by atoms with van der Waals surface area (Å²) >= 11 is 0. The Hall–Kier alpha value is -0.840. The average Bonchev–Trinajstić information content (AvgIpc) is 2.65. The van der Waals surface area contributed by atoms with Crippen molar-refractivity contribution in [2.24, 2.45) is 5.92 Å².